The van der Waals surface area contributed by atoms with E-state index in [2.05, 4.69) is 27.7 Å². The topological polar surface area (TPSA) is 40.5 Å². The van der Waals surface area contributed by atoms with Crippen molar-refractivity contribution in [3.05, 3.63) is 0 Å². The van der Waals surface area contributed by atoms with E-state index < -0.39 is 5.79 Å². The Balaban J connectivity index is 3.14. The number of rotatable bonds is 20. The Labute approximate surface area is 196 Å². The van der Waals surface area contributed by atoms with E-state index in [1.54, 1.807) is 0 Å². The number of unbranched alkanes of at least 4 members (excludes halogenated alkanes) is 12. The van der Waals surface area contributed by atoms with Crippen LogP contribution in [-0.2, 0) is 0 Å². The summed E-state index contributed by atoms with van der Waals surface area (Å²) in [6.45, 7) is 9.11. The fourth-order valence-electron chi connectivity index (χ4n) is 6.71. The average molecular weight is 439 g/mol. The molecule has 0 amide bonds. The van der Waals surface area contributed by atoms with Crippen molar-refractivity contribution in [2.24, 2.45) is 10.8 Å². The van der Waals surface area contributed by atoms with Crippen LogP contribution in [0.4, 0.5) is 0 Å². The largest absolute Gasteiger partial charge is 0.365 e. The van der Waals surface area contributed by atoms with E-state index in [4.69, 9.17) is 0 Å². The standard InChI is InChI=1S/C29H58O2/c1-5-9-13-17-21-27(22-18-14-10-6-2)25-26-29(30,31)28(27,23-19-15-11-7-3)24-20-16-12-8-4/h30-31H,5-26H2,1-4H3. The van der Waals surface area contributed by atoms with E-state index in [1.807, 2.05) is 0 Å². The molecule has 2 nitrogen and oxygen atoms in total. The van der Waals surface area contributed by atoms with Gasteiger partial charge in [-0.3, -0.25) is 0 Å². The molecule has 0 aromatic carbocycles. The van der Waals surface area contributed by atoms with Gasteiger partial charge >= 0.3 is 0 Å². The minimum atomic E-state index is -1.47. The van der Waals surface area contributed by atoms with Crippen LogP contribution in [-0.4, -0.2) is 16.0 Å². The van der Waals surface area contributed by atoms with Gasteiger partial charge in [-0.25, -0.2) is 0 Å². The lowest BCUT2D eigenvalue weighted by atomic mass is 9.55. The third kappa shape index (κ3) is 8.33. The molecule has 2 heteroatoms. The maximum absolute atomic E-state index is 11.5. The third-order valence-corrected chi connectivity index (χ3v) is 8.67. The van der Waals surface area contributed by atoms with Crippen LogP contribution in [0.25, 0.3) is 0 Å². The summed E-state index contributed by atoms with van der Waals surface area (Å²) in [5.74, 6) is -1.47. The highest BCUT2D eigenvalue weighted by Gasteiger charge is 2.64. The predicted octanol–water partition coefficient (Wildman–Crippen LogP) is 9.32. The van der Waals surface area contributed by atoms with Crippen molar-refractivity contribution in [1.82, 2.24) is 0 Å². The van der Waals surface area contributed by atoms with Gasteiger partial charge in [0.15, 0.2) is 5.79 Å². The summed E-state index contributed by atoms with van der Waals surface area (Å²) in [6.07, 6.45) is 26.2. The minimum absolute atomic E-state index is 0.135. The lowest BCUT2D eigenvalue weighted by molar-refractivity contribution is -0.257. The smallest absolute Gasteiger partial charge is 0.168 e. The summed E-state index contributed by atoms with van der Waals surface area (Å²) in [5, 5.41) is 23.0. The molecule has 0 unspecified atom stereocenters. The van der Waals surface area contributed by atoms with Crippen LogP contribution in [0.3, 0.4) is 0 Å². The molecule has 0 spiro atoms. The zero-order chi connectivity index (χ0) is 23.1. The van der Waals surface area contributed by atoms with Gasteiger partial charge in [-0.1, -0.05) is 130 Å². The highest BCUT2D eigenvalue weighted by molar-refractivity contribution is 5.10. The molecule has 0 atom stereocenters. The molecule has 0 saturated heterocycles. The molecule has 2 N–H and O–H groups in total. The molecule has 1 saturated carbocycles. The normalized spacial score (nSPS) is 19.2. The van der Waals surface area contributed by atoms with Crippen LogP contribution in [0.1, 0.15) is 169 Å². The first-order valence-corrected chi connectivity index (χ1v) is 14.4. The second-order valence-electron chi connectivity index (χ2n) is 10.9. The van der Waals surface area contributed by atoms with Crippen molar-refractivity contribution < 1.29 is 10.2 Å². The Morgan fingerprint density at radius 1 is 0.452 bits per heavy atom. The molecular formula is C29H58O2. The number of hydrogen-bond acceptors (Lipinski definition) is 2. The Bertz CT molecular complexity index is 404. The molecule has 1 aliphatic rings. The molecule has 0 aliphatic heterocycles. The fraction of sp³-hybridized carbons (Fsp3) is 1.00. The molecule has 0 aromatic heterocycles. The van der Waals surface area contributed by atoms with E-state index >= 15 is 0 Å². The first-order valence-electron chi connectivity index (χ1n) is 14.4. The van der Waals surface area contributed by atoms with Gasteiger partial charge in [-0.2, -0.15) is 0 Å². The van der Waals surface area contributed by atoms with Gasteiger partial charge in [0, 0.05) is 11.8 Å². The zero-order valence-corrected chi connectivity index (χ0v) is 22.0. The van der Waals surface area contributed by atoms with Gasteiger partial charge in [0.2, 0.25) is 0 Å². The quantitative estimate of drug-likeness (QED) is 0.147. The highest BCUT2D eigenvalue weighted by Crippen LogP contribution is 2.66. The summed E-state index contributed by atoms with van der Waals surface area (Å²) >= 11 is 0. The molecule has 31 heavy (non-hydrogen) atoms. The van der Waals surface area contributed by atoms with Crippen molar-refractivity contribution in [3.63, 3.8) is 0 Å². The Morgan fingerprint density at radius 3 is 1.16 bits per heavy atom. The third-order valence-electron chi connectivity index (χ3n) is 8.67. The Hall–Kier alpha value is -0.0800. The summed E-state index contributed by atoms with van der Waals surface area (Å²) in [5.41, 5.74) is -0.156. The summed E-state index contributed by atoms with van der Waals surface area (Å²) in [6, 6.07) is 0. The maximum atomic E-state index is 11.5. The highest BCUT2D eigenvalue weighted by atomic mass is 16.5. The van der Waals surface area contributed by atoms with Crippen LogP contribution in [0.2, 0.25) is 0 Å². The van der Waals surface area contributed by atoms with E-state index in [-0.39, 0.29) is 10.8 Å². The van der Waals surface area contributed by atoms with Crippen molar-refractivity contribution in [3.8, 4) is 0 Å². The number of hydrogen-bond donors (Lipinski definition) is 2. The second-order valence-corrected chi connectivity index (χ2v) is 10.9. The monoisotopic (exact) mass is 438 g/mol. The zero-order valence-electron chi connectivity index (χ0n) is 22.0. The van der Waals surface area contributed by atoms with Crippen LogP contribution < -0.4 is 0 Å². The number of aliphatic hydroxyl groups is 2. The van der Waals surface area contributed by atoms with Crippen molar-refractivity contribution in [1.29, 1.82) is 0 Å². The summed E-state index contributed by atoms with van der Waals surface area (Å²) in [4.78, 5) is 0. The van der Waals surface area contributed by atoms with Gasteiger partial charge in [0.1, 0.15) is 0 Å². The first kappa shape index (κ1) is 29.0. The lowest BCUT2D eigenvalue weighted by Gasteiger charge is -2.52. The average Bonchev–Trinajstić information content (AvgIpc) is 2.97. The van der Waals surface area contributed by atoms with E-state index in [0.29, 0.717) is 6.42 Å². The van der Waals surface area contributed by atoms with Gasteiger partial charge in [0.25, 0.3) is 0 Å². The second kappa shape index (κ2) is 15.7. The molecule has 0 bridgehead atoms. The predicted molar refractivity (Wildman–Crippen MR) is 136 cm³/mol. The van der Waals surface area contributed by atoms with Crippen molar-refractivity contribution >= 4 is 0 Å². The maximum Gasteiger partial charge on any atom is 0.168 e. The van der Waals surface area contributed by atoms with Gasteiger partial charge in [-0.05, 0) is 37.5 Å². The van der Waals surface area contributed by atoms with Crippen molar-refractivity contribution in [2.45, 2.75) is 175 Å². The molecular weight excluding hydrogens is 380 g/mol. The Morgan fingerprint density at radius 2 is 0.806 bits per heavy atom. The molecule has 1 rings (SSSR count). The van der Waals surface area contributed by atoms with E-state index in [1.165, 1.54) is 103 Å². The summed E-state index contributed by atoms with van der Waals surface area (Å²) in [7, 11) is 0. The van der Waals surface area contributed by atoms with Gasteiger partial charge < -0.3 is 10.2 Å². The molecule has 186 valence electrons. The van der Waals surface area contributed by atoms with Crippen molar-refractivity contribution in [2.75, 3.05) is 0 Å². The SMILES string of the molecule is CCCCCCC1(CCCCCC)CCC(O)(O)C1(CCCCCC)CCCCCC. The molecule has 1 fully saturated rings. The lowest BCUT2D eigenvalue weighted by Crippen LogP contribution is -2.52. The van der Waals surface area contributed by atoms with Gasteiger partial charge in [0.05, 0.1) is 0 Å². The van der Waals surface area contributed by atoms with E-state index in [9.17, 15) is 10.2 Å². The van der Waals surface area contributed by atoms with Crippen LogP contribution in [0.15, 0.2) is 0 Å². The molecule has 1 aliphatic carbocycles. The van der Waals surface area contributed by atoms with Crippen LogP contribution >= 0.6 is 0 Å². The van der Waals surface area contributed by atoms with Crippen LogP contribution in [0, 0.1) is 10.8 Å². The molecule has 0 radical (unpaired) electrons. The van der Waals surface area contributed by atoms with Crippen LogP contribution in [0.5, 0.6) is 0 Å². The first-order chi connectivity index (χ1) is 14.9. The summed E-state index contributed by atoms with van der Waals surface area (Å²) < 4.78 is 0. The Kier molecular flexibility index (Phi) is 14.7. The van der Waals surface area contributed by atoms with Gasteiger partial charge in [-0.15, -0.1) is 0 Å². The molecule has 0 aromatic rings. The molecule has 0 heterocycles. The minimum Gasteiger partial charge on any atom is -0.365 e. The fourth-order valence-corrected chi connectivity index (χ4v) is 6.71. The van der Waals surface area contributed by atoms with E-state index in [0.717, 1.165) is 32.1 Å².